The Morgan fingerprint density at radius 1 is 1.45 bits per heavy atom. The minimum atomic E-state index is -0.562. The third kappa shape index (κ3) is 4.40. The molecular formula is C14H19ClN3O4+. The van der Waals surface area contributed by atoms with Crippen molar-refractivity contribution in [2.24, 2.45) is 0 Å². The van der Waals surface area contributed by atoms with Gasteiger partial charge in [-0.05, 0) is 26.0 Å². The molecule has 0 radical (unpaired) electrons. The van der Waals surface area contributed by atoms with E-state index in [2.05, 4.69) is 5.32 Å². The van der Waals surface area contributed by atoms with Gasteiger partial charge in [-0.25, -0.2) is 0 Å². The molecule has 7 nitrogen and oxygen atoms in total. The summed E-state index contributed by atoms with van der Waals surface area (Å²) < 4.78 is 5.62. The molecule has 1 amide bonds. The molecule has 1 aromatic rings. The summed E-state index contributed by atoms with van der Waals surface area (Å²) in [5.41, 5.74) is -0.0484. The van der Waals surface area contributed by atoms with Crippen molar-refractivity contribution in [3.8, 4) is 0 Å². The lowest BCUT2D eigenvalue weighted by Crippen LogP contribution is -3.16. The lowest BCUT2D eigenvalue weighted by Gasteiger charge is -2.31. The Hall–Kier alpha value is -1.70. The summed E-state index contributed by atoms with van der Waals surface area (Å²) in [5, 5.41) is 13.9. The zero-order valence-corrected chi connectivity index (χ0v) is 13.2. The van der Waals surface area contributed by atoms with Gasteiger partial charge in [0.05, 0.1) is 4.92 Å². The van der Waals surface area contributed by atoms with Gasteiger partial charge in [-0.3, -0.25) is 14.9 Å². The third-order valence-corrected chi connectivity index (χ3v) is 3.69. The fraction of sp³-hybridized carbons (Fsp3) is 0.500. The van der Waals surface area contributed by atoms with E-state index in [4.69, 9.17) is 16.3 Å². The van der Waals surface area contributed by atoms with Gasteiger partial charge in [0, 0.05) is 11.1 Å². The third-order valence-electron chi connectivity index (χ3n) is 3.46. The number of hydrogen-bond donors (Lipinski definition) is 2. The van der Waals surface area contributed by atoms with E-state index in [1.165, 1.54) is 18.2 Å². The maximum Gasteiger partial charge on any atom is 0.294 e. The van der Waals surface area contributed by atoms with Gasteiger partial charge < -0.3 is 15.0 Å². The van der Waals surface area contributed by atoms with Crippen molar-refractivity contribution in [3.05, 3.63) is 33.3 Å². The van der Waals surface area contributed by atoms with Crippen LogP contribution >= 0.6 is 11.6 Å². The summed E-state index contributed by atoms with van der Waals surface area (Å²) in [7, 11) is 0. The van der Waals surface area contributed by atoms with Crippen LogP contribution in [-0.4, -0.2) is 42.7 Å². The van der Waals surface area contributed by atoms with Gasteiger partial charge in [0.25, 0.3) is 11.6 Å². The van der Waals surface area contributed by atoms with Gasteiger partial charge in [-0.1, -0.05) is 11.6 Å². The smallest absolute Gasteiger partial charge is 0.294 e. The number of benzene rings is 1. The Morgan fingerprint density at radius 2 is 2.09 bits per heavy atom. The van der Waals surface area contributed by atoms with Crippen LogP contribution in [0.2, 0.25) is 5.02 Å². The number of nitrogens with zero attached hydrogens (tertiary/aromatic N) is 1. The number of morpholine rings is 1. The van der Waals surface area contributed by atoms with E-state index in [0.29, 0.717) is 0 Å². The average molecular weight is 329 g/mol. The summed E-state index contributed by atoms with van der Waals surface area (Å²) in [4.78, 5) is 23.7. The maximum absolute atomic E-state index is 12.1. The fourth-order valence-corrected chi connectivity index (χ4v) is 2.88. The van der Waals surface area contributed by atoms with Crippen molar-refractivity contribution >= 4 is 28.9 Å². The normalized spacial score (nSPS) is 24.8. The Kier molecular flexibility index (Phi) is 5.33. The van der Waals surface area contributed by atoms with Crippen LogP contribution in [0.25, 0.3) is 0 Å². The highest BCUT2D eigenvalue weighted by molar-refractivity contribution is 6.31. The molecule has 0 bridgehead atoms. The molecule has 0 unspecified atom stereocenters. The molecule has 0 aliphatic carbocycles. The van der Waals surface area contributed by atoms with Gasteiger partial charge in [-0.2, -0.15) is 0 Å². The molecule has 2 atom stereocenters. The lowest BCUT2D eigenvalue weighted by atomic mass is 10.2. The van der Waals surface area contributed by atoms with Crippen molar-refractivity contribution in [1.29, 1.82) is 0 Å². The molecule has 1 aliphatic rings. The molecule has 1 aliphatic heterocycles. The molecule has 1 aromatic carbocycles. The number of nitro groups is 1. The number of nitrogens with one attached hydrogen (secondary N) is 2. The summed E-state index contributed by atoms with van der Waals surface area (Å²) in [6.07, 6.45) is 0.188. The van der Waals surface area contributed by atoms with Crippen molar-refractivity contribution in [3.63, 3.8) is 0 Å². The Morgan fingerprint density at radius 3 is 2.68 bits per heavy atom. The number of quaternary nitrogens is 1. The maximum atomic E-state index is 12.1. The summed E-state index contributed by atoms with van der Waals surface area (Å²) in [5.74, 6) is -0.262. The summed E-state index contributed by atoms with van der Waals surface area (Å²) in [6.45, 7) is 5.66. The zero-order valence-electron chi connectivity index (χ0n) is 12.5. The van der Waals surface area contributed by atoms with Gasteiger partial charge in [0.1, 0.15) is 31.0 Å². The zero-order chi connectivity index (χ0) is 16.3. The van der Waals surface area contributed by atoms with E-state index in [-0.39, 0.29) is 41.1 Å². The summed E-state index contributed by atoms with van der Waals surface area (Å²) in [6, 6.07) is 4.18. The number of rotatable bonds is 4. The highest BCUT2D eigenvalue weighted by atomic mass is 35.5. The molecular weight excluding hydrogens is 310 g/mol. The lowest BCUT2D eigenvalue weighted by molar-refractivity contribution is -0.907. The molecule has 1 fully saturated rings. The number of nitro benzene ring substituents is 1. The number of carbonyl (C=O) groups excluding carboxylic acids is 1. The second kappa shape index (κ2) is 7.04. The standard InChI is InChI=1S/C14H18ClN3O4/c1-9-6-17(7-10(2)22-9)8-14(19)16-12-4-3-11(15)5-13(12)18(20)21/h3-5,9-10H,6-8H2,1-2H3,(H,16,19)/p+1/t9-,10-/m1/s1. The van der Waals surface area contributed by atoms with Crippen LogP contribution in [0.15, 0.2) is 18.2 Å². The van der Waals surface area contributed by atoms with E-state index in [9.17, 15) is 14.9 Å². The summed E-state index contributed by atoms with van der Waals surface area (Å²) >= 11 is 5.75. The molecule has 2 N–H and O–H groups in total. The number of amides is 1. The highest BCUT2D eigenvalue weighted by Crippen LogP contribution is 2.27. The van der Waals surface area contributed by atoms with Crippen molar-refractivity contribution in [1.82, 2.24) is 0 Å². The molecule has 8 heteroatoms. The largest absolute Gasteiger partial charge is 0.364 e. The van der Waals surface area contributed by atoms with Crippen molar-refractivity contribution in [2.75, 3.05) is 25.0 Å². The number of halogens is 1. The molecule has 0 aromatic heterocycles. The van der Waals surface area contributed by atoms with Gasteiger partial charge in [0.15, 0.2) is 6.54 Å². The Balaban J connectivity index is 2.02. The average Bonchev–Trinajstić information content (AvgIpc) is 2.39. The number of hydrogen-bond acceptors (Lipinski definition) is 4. The second-order valence-electron chi connectivity index (χ2n) is 5.56. The topological polar surface area (TPSA) is 85.9 Å². The van der Waals surface area contributed by atoms with Crippen molar-refractivity contribution in [2.45, 2.75) is 26.1 Å². The first-order valence-corrected chi connectivity index (χ1v) is 7.45. The minimum Gasteiger partial charge on any atom is -0.364 e. The van der Waals surface area contributed by atoms with E-state index in [1.807, 2.05) is 13.8 Å². The fourth-order valence-electron chi connectivity index (χ4n) is 2.72. The van der Waals surface area contributed by atoms with E-state index >= 15 is 0 Å². The van der Waals surface area contributed by atoms with Crippen molar-refractivity contribution < 1.29 is 19.4 Å². The van der Waals surface area contributed by atoms with Crippen LogP contribution < -0.4 is 10.2 Å². The minimum absolute atomic E-state index is 0.0939. The highest BCUT2D eigenvalue weighted by Gasteiger charge is 2.27. The quantitative estimate of drug-likeness (QED) is 0.634. The molecule has 1 heterocycles. The predicted molar refractivity (Wildman–Crippen MR) is 82.3 cm³/mol. The Bertz CT molecular complexity index is 571. The van der Waals surface area contributed by atoms with Gasteiger partial charge in [0.2, 0.25) is 0 Å². The predicted octanol–water partition coefficient (Wildman–Crippen LogP) is 0.879. The number of ether oxygens (including phenoxy) is 1. The second-order valence-corrected chi connectivity index (χ2v) is 6.00. The molecule has 22 heavy (non-hydrogen) atoms. The van der Waals surface area contributed by atoms with Crippen LogP contribution in [0.1, 0.15) is 13.8 Å². The first-order chi connectivity index (χ1) is 10.3. The SMILES string of the molecule is C[C@@H]1C[NH+](CC(=O)Nc2ccc(Cl)cc2[N+](=O)[O-])C[C@@H](C)O1. The molecule has 1 saturated heterocycles. The van der Waals surface area contributed by atoms with E-state index in [0.717, 1.165) is 18.0 Å². The van der Waals surface area contributed by atoms with Crippen LogP contribution in [0, 0.1) is 10.1 Å². The molecule has 2 rings (SSSR count). The van der Waals surface area contributed by atoms with Crippen LogP contribution in [0.4, 0.5) is 11.4 Å². The van der Waals surface area contributed by atoms with Gasteiger partial charge >= 0.3 is 0 Å². The molecule has 0 spiro atoms. The first-order valence-electron chi connectivity index (χ1n) is 7.08. The van der Waals surface area contributed by atoms with E-state index in [1.54, 1.807) is 0 Å². The van der Waals surface area contributed by atoms with Crippen LogP contribution in [-0.2, 0) is 9.53 Å². The van der Waals surface area contributed by atoms with Crippen LogP contribution in [0.5, 0.6) is 0 Å². The van der Waals surface area contributed by atoms with Crippen LogP contribution in [0.3, 0.4) is 0 Å². The Labute approximate surface area is 133 Å². The molecule has 0 saturated carbocycles. The van der Waals surface area contributed by atoms with Gasteiger partial charge in [-0.15, -0.1) is 0 Å². The monoisotopic (exact) mass is 328 g/mol. The molecule has 120 valence electrons. The number of anilines is 1. The first kappa shape index (κ1) is 16.7. The number of carbonyl (C=O) groups is 1. The van der Waals surface area contributed by atoms with E-state index < -0.39 is 4.92 Å².